The highest BCUT2D eigenvalue weighted by molar-refractivity contribution is 6.42. The molecule has 0 bridgehead atoms. The SMILES string of the molecule is Cl.O=C(O)c1ccccc1OCC1CNCCOC1c1ccc(Cl)c(Cl)c1. The Morgan fingerprint density at radius 3 is 2.74 bits per heavy atom. The van der Waals surface area contributed by atoms with E-state index in [0.29, 0.717) is 35.6 Å². The van der Waals surface area contributed by atoms with Crippen molar-refractivity contribution < 1.29 is 19.4 Å². The largest absolute Gasteiger partial charge is 0.492 e. The van der Waals surface area contributed by atoms with Gasteiger partial charge in [0, 0.05) is 19.0 Å². The van der Waals surface area contributed by atoms with Gasteiger partial charge in [0.15, 0.2) is 0 Å². The van der Waals surface area contributed by atoms with Gasteiger partial charge in [-0.3, -0.25) is 0 Å². The third-order valence-corrected chi connectivity index (χ3v) is 4.99. The summed E-state index contributed by atoms with van der Waals surface area (Å²) in [4.78, 5) is 11.3. The zero-order valence-electron chi connectivity index (χ0n) is 14.4. The molecule has 2 atom stereocenters. The quantitative estimate of drug-likeness (QED) is 0.729. The molecular formula is C19H20Cl3NO4. The number of ether oxygens (including phenoxy) is 2. The molecule has 1 aliphatic rings. The molecular weight excluding hydrogens is 413 g/mol. The number of hydrogen-bond acceptors (Lipinski definition) is 4. The van der Waals surface area contributed by atoms with E-state index in [9.17, 15) is 9.90 Å². The molecule has 1 heterocycles. The average Bonchev–Trinajstić information content (AvgIpc) is 2.88. The second-order valence-electron chi connectivity index (χ2n) is 6.04. The highest BCUT2D eigenvalue weighted by Gasteiger charge is 2.28. The Kier molecular flexibility index (Phi) is 8.20. The third-order valence-electron chi connectivity index (χ3n) is 4.25. The number of hydrogen-bond donors (Lipinski definition) is 2. The average molecular weight is 433 g/mol. The summed E-state index contributed by atoms with van der Waals surface area (Å²) < 4.78 is 11.8. The van der Waals surface area contributed by atoms with Gasteiger partial charge in [0.25, 0.3) is 0 Å². The minimum absolute atomic E-state index is 0. The maximum Gasteiger partial charge on any atom is 0.339 e. The first-order valence-electron chi connectivity index (χ1n) is 8.28. The van der Waals surface area contributed by atoms with Gasteiger partial charge in [-0.2, -0.15) is 0 Å². The molecule has 0 aromatic heterocycles. The molecule has 1 aliphatic heterocycles. The lowest BCUT2D eigenvalue weighted by molar-refractivity contribution is 0.0151. The van der Waals surface area contributed by atoms with Crippen molar-refractivity contribution in [1.29, 1.82) is 0 Å². The minimum atomic E-state index is -1.02. The Morgan fingerprint density at radius 1 is 1.22 bits per heavy atom. The van der Waals surface area contributed by atoms with E-state index in [1.54, 1.807) is 30.3 Å². The molecule has 2 N–H and O–H groups in total. The van der Waals surface area contributed by atoms with Crippen LogP contribution in [-0.4, -0.2) is 37.4 Å². The number of halogens is 3. The van der Waals surface area contributed by atoms with Crippen molar-refractivity contribution in [3.8, 4) is 5.75 Å². The number of carbonyl (C=O) groups is 1. The summed E-state index contributed by atoms with van der Waals surface area (Å²) in [6, 6.07) is 12.0. The van der Waals surface area contributed by atoms with Gasteiger partial charge in [0.05, 0.1) is 29.4 Å². The van der Waals surface area contributed by atoms with Crippen LogP contribution in [0, 0.1) is 5.92 Å². The summed E-state index contributed by atoms with van der Waals surface area (Å²) in [6.45, 7) is 2.29. The Balaban J connectivity index is 0.00000261. The molecule has 1 saturated heterocycles. The van der Waals surface area contributed by atoms with E-state index in [0.717, 1.165) is 12.1 Å². The number of carboxylic acids is 1. The highest BCUT2D eigenvalue weighted by atomic mass is 35.5. The molecule has 2 aromatic rings. The van der Waals surface area contributed by atoms with Crippen LogP contribution in [0.4, 0.5) is 0 Å². The topological polar surface area (TPSA) is 67.8 Å². The van der Waals surface area contributed by atoms with Crippen molar-refractivity contribution in [2.45, 2.75) is 6.10 Å². The highest BCUT2D eigenvalue weighted by Crippen LogP contribution is 2.32. The molecule has 0 radical (unpaired) electrons. The Hall–Kier alpha value is -1.50. The van der Waals surface area contributed by atoms with Crippen LogP contribution in [-0.2, 0) is 4.74 Å². The molecule has 0 amide bonds. The van der Waals surface area contributed by atoms with Gasteiger partial charge in [-0.15, -0.1) is 12.4 Å². The first-order chi connectivity index (χ1) is 12.6. The molecule has 0 aliphatic carbocycles. The number of rotatable bonds is 5. The van der Waals surface area contributed by atoms with Crippen molar-refractivity contribution in [3.05, 3.63) is 63.6 Å². The molecule has 146 valence electrons. The zero-order valence-corrected chi connectivity index (χ0v) is 16.7. The summed E-state index contributed by atoms with van der Waals surface area (Å²) in [5.41, 5.74) is 1.06. The summed E-state index contributed by atoms with van der Waals surface area (Å²) in [5.74, 6) is -0.689. The van der Waals surface area contributed by atoms with Crippen LogP contribution in [0.3, 0.4) is 0 Å². The summed E-state index contributed by atoms with van der Waals surface area (Å²) >= 11 is 12.2. The smallest absolute Gasteiger partial charge is 0.339 e. The molecule has 5 nitrogen and oxygen atoms in total. The van der Waals surface area contributed by atoms with E-state index >= 15 is 0 Å². The van der Waals surface area contributed by atoms with Gasteiger partial charge in [-0.25, -0.2) is 4.79 Å². The molecule has 8 heteroatoms. The second-order valence-corrected chi connectivity index (χ2v) is 6.86. The lowest BCUT2D eigenvalue weighted by atomic mass is 9.96. The summed E-state index contributed by atoms with van der Waals surface area (Å²) in [5, 5.41) is 13.6. The molecule has 27 heavy (non-hydrogen) atoms. The van der Waals surface area contributed by atoms with Gasteiger partial charge in [-0.05, 0) is 29.8 Å². The maximum absolute atomic E-state index is 11.3. The fourth-order valence-corrected chi connectivity index (χ4v) is 3.27. The van der Waals surface area contributed by atoms with Gasteiger partial charge < -0.3 is 19.9 Å². The molecule has 0 spiro atoms. The van der Waals surface area contributed by atoms with Crippen molar-refractivity contribution in [1.82, 2.24) is 5.32 Å². The number of carboxylic acid groups (broad SMARTS) is 1. The van der Waals surface area contributed by atoms with Gasteiger partial charge in [0.1, 0.15) is 11.3 Å². The lowest BCUT2D eigenvalue weighted by Gasteiger charge is -2.25. The lowest BCUT2D eigenvalue weighted by Crippen LogP contribution is -2.29. The van der Waals surface area contributed by atoms with E-state index in [1.807, 2.05) is 6.07 Å². The number of aromatic carboxylic acids is 1. The van der Waals surface area contributed by atoms with Gasteiger partial charge in [-0.1, -0.05) is 41.4 Å². The molecule has 3 rings (SSSR count). The monoisotopic (exact) mass is 431 g/mol. The van der Waals surface area contributed by atoms with E-state index in [1.165, 1.54) is 6.07 Å². The number of nitrogens with one attached hydrogen (secondary N) is 1. The van der Waals surface area contributed by atoms with Gasteiger partial charge >= 0.3 is 5.97 Å². The predicted molar refractivity (Wildman–Crippen MR) is 108 cm³/mol. The zero-order chi connectivity index (χ0) is 18.5. The molecule has 2 aromatic carbocycles. The van der Waals surface area contributed by atoms with Crippen LogP contribution in [0.1, 0.15) is 22.0 Å². The fraction of sp³-hybridized carbons (Fsp3) is 0.316. The molecule has 0 saturated carbocycles. The first-order valence-corrected chi connectivity index (χ1v) is 9.04. The van der Waals surface area contributed by atoms with Crippen LogP contribution < -0.4 is 10.1 Å². The van der Waals surface area contributed by atoms with Crippen LogP contribution in [0.25, 0.3) is 0 Å². The predicted octanol–water partition coefficient (Wildman–Crippen LogP) is 4.47. The van der Waals surface area contributed by atoms with Crippen LogP contribution >= 0.6 is 35.6 Å². The number of benzene rings is 2. The molecule has 2 unspecified atom stereocenters. The number of para-hydroxylation sites is 1. The van der Waals surface area contributed by atoms with Crippen molar-refractivity contribution in [2.24, 2.45) is 5.92 Å². The second kappa shape index (κ2) is 10.2. The van der Waals surface area contributed by atoms with E-state index in [-0.39, 0.29) is 30.0 Å². The standard InChI is InChI=1S/C19H19Cl2NO4.ClH/c20-15-6-5-12(9-16(15)21)18-13(10-22-7-8-25-18)11-26-17-4-2-1-3-14(17)19(23)24;/h1-6,9,13,18,22H,7-8,10-11H2,(H,23,24);1H. The van der Waals surface area contributed by atoms with E-state index < -0.39 is 5.97 Å². The Bertz CT molecular complexity index is 787. The van der Waals surface area contributed by atoms with Gasteiger partial charge in [0.2, 0.25) is 0 Å². The fourth-order valence-electron chi connectivity index (χ4n) is 2.96. The molecule has 1 fully saturated rings. The van der Waals surface area contributed by atoms with Crippen molar-refractivity contribution in [2.75, 3.05) is 26.3 Å². The minimum Gasteiger partial charge on any atom is -0.492 e. The van der Waals surface area contributed by atoms with Crippen LogP contribution in [0.5, 0.6) is 5.75 Å². The first kappa shape index (κ1) is 21.8. The van der Waals surface area contributed by atoms with Crippen molar-refractivity contribution >= 4 is 41.6 Å². The summed E-state index contributed by atoms with van der Waals surface area (Å²) in [7, 11) is 0. The maximum atomic E-state index is 11.3. The van der Waals surface area contributed by atoms with E-state index in [2.05, 4.69) is 5.32 Å². The summed E-state index contributed by atoms with van der Waals surface area (Å²) in [6.07, 6.45) is -0.225. The normalized spacial score (nSPS) is 19.6. The van der Waals surface area contributed by atoms with E-state index in [4.69, 9.17) is 32.7 Å². The van der Waals surface area contributed by atoms with Crippen molar-refractivity contribution in [3.63, 3.8) is 0 Å². The third kappa shape index (κ3) is 5.50. The van der Waals surface area contributed by atoms with Crippen LogP contribution in [0.2, 0.25) is 10.0 Å². The Morgan fingerprint density at radius 2 is 2.00 bits per heavy atom. The van der Waals surface area contributed by atoms with Crippen LogP contribution in [0.15, 0.2) is 42.5 Å². The Labute approximate surface area is 174 Å².